The van der Waals surface area contributed by atoms with Crippen LogP contribution in [0.2, 0.25) is 0 Å². The maximum absolute atomic E-state index is 11.6. The maximum atomic E-state index is 11.6. The summed E-state index contributed by atoms with van der Waals surface area (Å²) in [6.07, 6.45) is 2.03. The van der Waals surface area contributed by atoms with Crippen LogP contribution in [-0.4, -0.2) is 24.5 Å². The van der Waals surface area contributed by atoms with E-state index in [9.17, 15) is 4.79 Å². The normalized spacial score (nSPS) is 12.6. The number of rotatable bonds is 6. The van der Waals surface area contributed by atoms with Gasteiger partial charge in [-0.05, 0) is 38.6 Å². The van der Waals surface area contributed by atoms with Crippen LogP contribution < -0.4 is 10.6 Å². The summed E-state index contributed by atoms with van der Waals surface area (Å²) >= 11 is 0. The Morgan fingerprint density at radius 3 is 2.12 bits per heavy atom. The fourth-order valence-electron chi connectivity index (χ4n) is 1.18. The molecule has 16 heavy (non-hydrogen) atoms. The second-order valence-electron chi connectivity index (χ2n) is 6.27. The molecular formula is C13H28N2O. The van der Waals surface area contributed by atoms with Gasteiger partial charge in [-0.3, -0.25) is 4.79 Å². The lowest BCUT2D eigenvalue weighted by atomic mass is 9.92. The summed E-state index contributed by atoms with van der Waals surface area (Å²) in [4.78, 5) is 11.6. The fourth-order valence-corrected chi connectivity index (χ4v) is 1.18. The zero-order chi connectivity index (χ0) is 12.8. The number of amides is 1. The van der Waals surface area contributed by atoms with E-state index in [1.165, 1.54) is 0 Å². The molecule has 1 amide bonds. The number of hydrogen-bond donors (Lipinski definition) is 2. The molecule has 0 heterocycles. The molecule has 0 aromatic rings. The highest BCUT2D eigenvalue weighted by atomic mass is 16.2. The second-order valence-corrected chi connectivity index (χ2v) is 6.27. The minimum Gasteiger partial charge on any atom is -0.350 e. The summed E-state index contributed by atoms with van der Waals surface area (Å²) in [5.41, 5.74) is 0.231. The SMILES string of the molecule is CCC(C)(C)NC(=O)CNCCC(C)(C)C. The molecule has 0 radical (unpaired) electrons. The lowest BCUT2D eigenvalue weighted by Gasteiger charge is -2.24. The zero-order valence-corrected chi connectivity index (χ0v) is 11.7. The van der Waals surface area contributed by atoms with Crippen molar-refractivity contribution in [1.29, 1.82) is 0 Å². The van der Waals surface area contributed by atoms with Gasteiger partial charge in [-0.1, -0.05) is 27.7 Å². The van der Waals surface area contributed by atoms with Crippen LogP contribution in [0.1, 0.15) is 54.4 Å². The highest BCUT2D eigenvalue weighted by molar-refractivity contribution is 5.78. The van der Waals surface area contributed by atoms with Gasteiger partial charge in [-0.15, -0.1) is 0 Å². The molecule has 3 nitrogen and oxygen atoms in total. The molecule has 0 rings (SSSR count). The van der Waals surface area contributed by atoms with E-state index in [1.807, 2.05) is 13.8 Å². The Balaban J connectivity index is 3.67. The minimum atomic E-state index is -0.0945. The molecule has 0 bridgehead atoms. The van der Waals surface area contributed by atoms with Crippen molar-refractivity contribution in [3.63, 3.8) is 0 Å². The summed E-state index contributed by atoms with van der Waals surface area (Å²) in [6, 6.07) is 0. The summed E-state index contributed by atoms with van der Waals surface area (Å²) in [5.74, 6) is 0.0840. The van der Waals surface area contributed by atoms with Gasteiger partial charge in [-0.2, -0.15) is 0 Å². The van der Waals surface area contributed by atoms with Gasteiger partial charge in [0.25, 0.3) is 0 Å². The molecular weight excluding hydrogens is 200 g/mol. The summed E-state index contributed by atoms with van der Waals surface area (Å²) < 4.78 is 0. The van der Waals surface area contributed by atoms with Crippen molar-refractivity contribution >= 4 is 5.91 Å². The van der Waals surface area contributed by atoms with Crippen LogP contribution in [0.5, 0.6) is 0 Å². The second kappa shape index (κ2) is 6.24. The molecule has 0 saturated carbocycles. The molecule has 2 N–H and O–H groups in total. The quantitative estimate of drug-likeness (QED) is 0.685. The van der Waals surface area contributed by atoms with Crippen molar-refractivity contribution in [1.82, 2.24) is 10.6 Å². The Morgan fingerprint density at radius 2 is 1.69 bits per heavy atom. The first-order valence-electron chi connectivity index (χ1n) is 6.18. The Morgan fingerprint density at radius 1 is 1.12 bits per heavy atom. The van der Waals surface area contributed by atoms with E-state index in [1.54, 1.807) is 0 Å². The van der Waals surface area contributed by atoms with Crippen LogP contribution in [-0.2, 0) is 4.79 Å². The van der Waals surface area contributed by atoms with Crippen LogP contribution in [0.4, 0.5) is 0 Å². The van der Waals surface area contributed by atoms with Crippen LogP contribution in [0, 0.1) is 5.41 Å². The van der Waals surface area contributed by atoms with Gasteiger partial charge in [-0.25, -0.2) is 0 Å². The Kier molecular flexibility index (Phi) is 6.01. The van der Waals surface area contributed by atoms with E-state index in [0.717, 1.165) is 19.4 Å². The molecule has 0 atom stereocenters. The zero-order valence-electron chi connectivity index (χ0n) is 11.7. The van der Waals surface area contributed by atoms with E-state index < -0.39 is 0 Å². The molecule has 0 unspecified atom stereocenters. The minimum absolute atomic E-state index is 0.0840. The van der Waals surface area contributed by atoms with Gasteiger partial charge in [0.2, 0.25) is 5.91 Å². The number of carbonyl (C=O) groups is 1. The van der Waals surface area contributed by atoms with Crippen molar-refractivity contribution in [2.24, 2.45) is 5.41 Å². The van der Waals surface area contributed by atoms with E-state index in [0.29, 0.717) is 12.0 Å². The third-order valence-corrected chi connectivity index (χ3v) is 2.70. The van der Waals surface area contributed by atoms with Crippen molar-refractivity contribution in [3.8, 4) is 0 Å². The van der Waals surface area contributed by atoms with Gasteiger partial charge in [0.05, 0.1) is 6.54 Å². The maximum Gasteiger partial charge on any atom is 0.234 e. The van der Waals surface area contributed by atoms with Crippen LogP contribution in [0.25, 0.3) is 0 Å². The summed E-state index contributed by atoms with van der Waals surface area (Å²) in [7, 11) is 0. The lowest BCUT2D eigenvalue weighted by Crippen LogP contribution is -2.46. The largest absolute Gasteiger partial charge is 0.350 e. The lowest BCUT2D eigenvalue weighted by molar-refractivity contribution is -0.121. The average Bonchev–Trinajstić information content (AvgIpc) is 2.10. The number of carbonyl (C=O) groups excluding carboxylic acids is 1. The van der Waals surface area contributed by atoms with Gasteiger partial charge in [0.1, 0.15) is 0 Å². The predicted molar refractivity (Wildman–Crippen MR) is 69.5 cm³/mol. The van der Waals surface area contributed by atoms with Crippen molar-refractivity contribution in [2.45, 2.75) is 59.9 Å². The highest BCUT2D eigenvalue weighted by Gasteiger charge is 2.17. The van der Waals surface area contributed by atoms with Crippen molar-refractivity contribution in [2.75, 3.05) is 13.1 Å². The van der Waals surface area contributed by atoms with E-state index in [4.69, 9.17) is 0 Å². The Bertz CT molecular complexity index is 216. The van der Waals surface area contributed by atoms with Crippen molar-refractivity contribution in [3.05, 3.63) is 0 Å². The first kappa shape index (κ1) is 15.4. The highest BCUT2D eigenvalue weighted by Crippen LogP contribution is 2.16. The molecule has 0 aliphatic heterocycles. The van der Waals surface area contributed by atoms with Gasteiger partial charge in [0.15, 0.2) is 0 Å². The summed E-state index contributed by atoms with van der Waals surface area (Å²) in [5, 5.41) is 6.18. The molecule has 3 heteroatoms. The van der Waals surface area contributed by atoms with E-state index in [2.05, 4.69) is 38.3 Å². The molecule has 0 spiro atoms. The molecule has 0 aliphatic carbocycles. The van der Waals surface area contributed by atoms with Crippen LogP contribution in [0.3, 0.4) is 0 Å². The van der Waals surface area contributed by atoms with Gasteiger partial charge in [0, 0.05) is 5.54 Å². The van der Waals surface area contributed by atoms with Gasteiger partial charge >= 0.3 is 0 Å². The molecule has 96 valence electrons. The first-order valence-corrected chi connectivity index (χ1v) is 6.18. The summed E-state index contributed by atoms with van der Waals surface area (Å²) in [6.45, 7) is 14.1. The Labute approximate surface area is 100 Å². The predicted octanol–water partition coefficient (Wildman–Crippen LogP) is 2.32. The third kappa shape index (κ3) is 8.72. The van der Waals surface area contributed by atoms with Crippen molar-refractivity contribution < 1.29 is 4.79 Å². The molecule has 0 saturated heterocycles. The van der Waals surface area contributed by atoms with Gasteiger partial charge < -0.3 is 10.6 Å². The number of nitrogens with one attached hydrogen (secondary N) is 2. The van der Waals surface area contributed by atoms with E-state index in [-0.39, 0.29) is 11.4 Å². The molecule has 0 fully saturated rings. The molecule has 0 aromatic carbocycles. The van der Waals surface area contributed by atoms with E-state index >= 15 is 0 Å². The molecule has 0 aliphatic rings. The molecule has 0 aromatic heterocycles. The monoisotopic (exact) mass is 228 g/mol. The smallest absolute Gasteiger partial charge is 0.234 e. The number of hydrogen-bond acceptors (Lipinski definition) is 2. The Hall–Kier alpha value is -0.570. The first-order chi connectivity index (χ1) is 7.16. The van der Waals surface area contributed by atoms with Crippen LogP contribution in [0.15, 0.2) is 0 Å². The topological polar surface area (TPSA) is 41.1 Å². The average molecular weight is 228 g/mol. The third-order valence-electron chi connectivity index (χ3n) is 2.70. The fraction of sp³-hybridized carbons (Fsp3) is 0.923. The standard InChI is InChI=1S/C13H28N2O/c1-7-13(5,6)15-11(16)10-14-9-8-12(2,3)4/h14H,7-10H2,1-6H3,(H,15,16). The van der Waals surface area contributed by atoms with Crippen LogP contribution >= 0.6 is 0 Å².